The molecule has 1 saturated heterocycles. The number of benzene rings is 2. The number of para-hydroxylation sites is 2. The highest BCUT2D eigenvalue weighted by molar-refractivity contribution is 5.91. The van der Waals surface area contributed by atoms with E-state index in [9.17, 15) is 9.59 Å². The summed E-state index contributed by atoms with van der Waals surface area (Å²) in [6.07, 6.45) is 1.83. The van der Waals surface area contributed by atoms with Crippen molar-refractivity contribution in [1.29, 1.82) is 0 Å². The Bertz CT molecular complexity index is 1140. The third kappa shape index (κ3) is 4.88. The van der Waals surface area contributed by atoms with Gasteiger partial charge in [-0.15, -0.1) is 0 Å². The van der Waals surface area contributed by atoms with E-state index in [0.29, 0.717) is 30.2 Å². The Morgan fingerprint density at radius 1 is 1.26 bits per heavy atom. The molecule has 31 heavy (non-hydrogen) atoms. The lowest BCUT2D eigenvalue weighted by molar-refractivity contribution is 0.0818. The molecule has 0 spiro atoms. The number of rotatable bonds is 6. The number of H-pyrrole nitrogens is 1. The minimum absolute atomic E-state index is 0.0369. The number of anilines is 1. The van der Waals surface area contributed by atoms with Crippen LogP contribution in [0.25, 0.3) is 10.9 Å². The molecule has 1 fully saturated rings. The Kier molecular flexibility index (Phi) is 6.23. The molecule has 3 aromatic rings. The first-order chi connectivity index (χ1) is 15.0. The first-order valence-corrected chi connectivity index (χ1v) is 10.5. The van der Waals surface area contributed by atoms with Gasteiger partial charge in [0, 0.05) is 24.2 Å². The summed E-state index contributed by atoms with van der Waals surface area (Å²) in [5.41, 5.74) is 2.81. The number of hydrogen-bond acceptors (Lipinski definition) is 4. The third-order valence-corrected chi connectivity index (χ3v) is 5.52. The minimum atomic E-state index is -0.302. The van der Waals surface area contributed by atoms with Crippen LogP contribution in [0.3, 0.4) is 0 Å². The van der Waals surface area contributed by atoms with Crippen LogP contribution in [0.2, 0.25) is 0 Å². The molecule has 2 aromatic carbocycles. The van der Waals surface area contributed by atoms with Gasteiger partial charge in [-0.2, -0.15) is 0 Å². The van der Waals surface area contributed by atoms with Crippen molar-refractivity contribution in [2.75, 3.05) is 25.6 Å². The van der Waals surface area contributed by atoms with Crippen molar-refractivity contribution < 1.29 is 14.3 Å². The van der Waals surface area contributed by atoms with Gasteiger partial charge in [-0.1, -0.05) is 23.8 Å². The van der Waals surface area contributed by atoms with Gasteiger partial charge in [0.1, 0.15) is 5.75 Å². The van der Waals surface area contributed by atoms with E-state index in [-0.39, 0.29) is 24.2 Å². The number of carbonyl (C=O) groups excluding carboxylic acids is 1. The molecule has 7 heteroatoms. The second-order valence-corrected chi connectivity index (χ2v) is 7.86. The summed E-state index contributed by atoms with van der Waals surface area (Å²) in [7, 11) is 1.56. The van der Waals surface area contributed by atoms with Gasteiger partial charge in [0.05, 0.1) is 25.4 Å². The molecular formula is C24H27N3O4. The number of aromatic nitrogens is 1. The maximum absolute atomic E-state index is 13.2. The van der Waals surface area contributed by atoms with Crippen LogP contribution in [0.1, 0.15) is 24.0 Å². The molecule has 2 amide bonds. The number of urea groups is 1. The number of nitrogens with zero attached hydrogens (tertiary/aromatic N) is 1. The van der Waals surface area contributed by atoms with Crippen molar-refractivity contribution in [2.45, 2.75) is 32.4 Å². The zero-order chi connectivity index (χ0) is 21.8. The lowest BCUT2D eigenvalue weighted by Gasteiger charge is -2.26. The Labute approximate surface area is 181 Å². The van der Waals surface area contributed by atoms with Crippen molar-refractivity contribution in [1.82, 2.24) is 9.88 Å². The summed E-state index contributed by atoms with van der Waals surface area (Å²) in [5, 5.41) is 3.86. The maximum Gasteiger partial charge on any atom is 0.322 e. The molecule has 162 valence electrons. The van der Waals surface area contributed by atoms with E-state index in [0.717, 1.165) is 29.3 Å². The smallest absolute Gasteiger partial charge is 0.322 e. The molecule has 7 nitrogen and oxygen atoms in total. The van der Waals surface area contributed by atoms with Crippen LogP contribution in [0.4, 0.5) is 10.5 Å². The number of fused-ring (bicyclic) bond motifs is 1. The highest BCUT2D eigenvalue weighted by atomic mass is 16.5. The Hall–Kier alpha value is -3.32. The molecule has 1 unspecified atom stereocenters. The van der Waals surface area contributed by atoms with Crippen molar-refractivity contribution in [2.24, 2.45) is 0 Å². The first-order valence-electron chi connectivity index (χ1n) is 10.5. The lowest BCUT2D eigenvalue weighted by atomic mass is 10.1. The van der Waals surface area contributed by atoms with Gasteiger partial charge >= 0.3 is 6.03 Å². The predicted molar refractivity (Wildman–Crippen MR) is 121 cm³/mol. The van der Waals surface area contributed by atoms with Crippen molar-refractivity contribution in [3.63, 3.8) is 0 Å². The van der Waals surface area contributed by atoms with Crippen molar-refractivity contribution >= 4 is 22.6 Å². The zero-order valence-corrected chi connectivity index (χ0v) is 17.8. The van der Waals surface area contributed by atoms with E-state index in [1.165, 1.54) is 0 Å². The van der Waals surface area contributed by atoms with Gasteiger partial charge in [-0.3, -0.25) is 4.79 Å². The molecule has 1 aliphatic heterocycles. The van der Waals surface area contributed by atoms with E-state index in [4.69, 9.17) is 9.47 Å². The summed E-state index contributed by atoms with van der Waals surface area (Å²) in [6.45, 7) is 3.30. The van der Waals surface area contributed by atoms with Crippen molar-refractivity contribution in [3.05, 3.63) is 70.0 Å². The summed E-state index contributed by atoms with van der Waals surface area (Å²) >= 11 is 0. The van der Waals surface area contributed by atoms with Gasteiger partial charge in [-0.05, 0) is 55.5 Å². The average molecular weight is 421 g/mol. The molecule has 0 aliphatic carbocycles. The van der Waals surface area contributed by atoms with E-state index in [1.54, 1.807) is 24.1 Å². The molecular weight excluding hydrogens is 394 g/mol. The monoisotopic (exact) mass is 421 g/mol. The largest absolute Gasteiger partial charge is 0.495 e. The topological polar surface area (TPSA) is 83.7 Å². The predicted octanol–water partition coefficient (Wildman–Crippen LogP) is 4.06. The number of aromatic amines is 1. The summed E-state index contributed by atoms with van der Waals surface area (Å²) in [6, 6.07) is 14.7. The fourth-order valence-corrected chi connectivity index (χ4v) is 3.89. The molecule has 0 bridgehead atoms. The molecule has 0 saturated carbocycles. The van der Waals surface area contributed by atoms with Gasteiger partial charge in [-0.25, -0.2) is 4.79 Å². The van der Waals surface area contributed by atoms with Crippen LogP contribution in [-0.4, -0.2) is 42.3 Å². The zero-order valence-electron chi connectivity index (χ0n) is 17.8. The molecule has 0 radical (unpaired) electrons. The number of pyridine rings is 1. The number of hydrogen-bond donors (Lipinski definition) is 2. The first kappa shape index (κ1) is 20.9. The van der Waals surface area contributed by atoms with Crippen LogP contribution < -0.4 is 15.6 Å². The molecule has 1 atom stereocenters. The summed E-state index contributed by atoms with van der Waals surface area (Å²) in [5.74, 6) is 0.576. The maximum atomic E-state index is 13.2. The fraction of sp³-hybridized carbons (Fsp3) is 0.333. The van der Waals surface area contributed by atoms with Crippen molar-refractivity contribution in [3.8, 4) is 5.75 Å². The van der Waals surface area contributed by atoms with Crippen LogP contribution in [0.5, 0.6) is 5.75 Å². The van der Waals surface area contributed by atoms with Crippen LogP contribution >= 0.6 is 0 Å². The molecule has 1 aromatic heterocycles. The number of methoxy groups -OCH3 is 1. The minimum Gasteiger partial charge on any atom is -0.495 e. The van der Waals surface area contributed by atoms with Crippen LogP contribution in [0.15, 0.2) is 53.3 Å². The molecule has 2 heterocycles. The highest BCUT2D eigenvalue weighted by Crippen LogP contribution is 2.24. The normalized spacial score (nSPS) is 15.7. The lowest BCUT2D eigenvalue weighted by Crippen LogP contribution is -2.40. The van der Waals surface area contributed by atoms with Crippen LogP contribution in [0, 0.1) is 6.92 Å². The third-order valence-electron chi connectivity index (χ3n) is 5.52. The standard InChI is InChI=1S/C24H27N3O4/c1-16-9-10-20-17(12-16)13-18(23(28)25-20)14-27(15-19-6-5-11-31-19)24(29)26-21-7-3-4-8-22(21)30-2/h3-4,7-10,12-13,19H,5-6,11,14-15H2,1-2H3,(H,25,28)(H,26,29). The fourth-order valence-electron chi connectivity index (χ4n) is 3.89. The van der Waals surface area contributed by atoms with Gasteiger partial charge in [0.2, 0.25) is 0 Å². The number of aryl methyl sites for hydroxylation is 1. The van der Waals surface area contributed by atoms with E-state index >= 15 is 0 Å². The molecule has 2 N–H and O–H groups in total. The second kappa shape index (κ2) is 9.22. The Morgan fingerprint density at radius 3 is 2.87 bits per heavy atom. The number of ether oxygens (including phenoxy) is 2. The summed E-state index contributed by atoms with van der Waals surface area (Å²) < 4.78 is 11.1. The van der Waals surface area contributed by atoms with Gasteiger partial charge in [0.15, 0.2) is 0 Å². The SMILES string of the molecule is COc1ccccc1NC(=O)N(Cc1cc2cc(C)ccc2[nH]c1=O)CC1CCCO1. The number of amides is 2. The quantitative estimate of drug-likeness (QED) is 0.629. The average Bonchev–Trinajstić information content (AvgIpc) is 3.27. The number of carbonyl (C=O) groups is 1. The van der Waals surface area contributed by atoms with E-state index in [1.807, 2.05) is 43.3 Å². The van der Waals surface area contributed by atoms with Crippen LogP contribution in [-0.2, 0) is 11.3 Å². The Balaban J connectivity index is 1.61. The van der Waals surface area contributed by atoms with E-state index in [2.05, 4.69) is 10.3 Å². The van der Waals surface area contributed by atoms with Gasteiger partial charge < -0.3 is 24.7 Å². The molecule has 4 rings (SSSR count). The highest BCUT2D eigenvalue weighted by Gasteiger charge is 2.24. The Morgan fingerprint density at radius 2 is 2.10 bits per heavy atom. The number of nitrogens with one attached hydrogen (secondary N) is 2. The second-order valence-electron chi connectivity index (χ2n) is 7.86. The van der Waals surface area contributed by atoms with Gasteiger partial charge in [0.25, 0.3) is 5.56 Å². The molecule has 1 aliphatic rings. The summed E-state index contributed by atoms with van der Waals surface area (Å²) in [4.78, 5) is 30.5. The van der Waals surface area contributed by atoms with E-state index < -0.39 is 0 Å².